The van der Waals surface area contributed by atoms with Crippen LogP contribution in [0.2, 0.25) is 0 Å². The Balaban J connectivity index is 1.14. The zero-order valence-corrected chi connectivity index (χ0v) is 24.2. The van der Waals surface area contributed by atoms with Crippen LogP contribution in [0.15, 0.2) is 25.3 Å². The summed E-state index contributed by atoms with van der Waals surface area (Å²) in [6, 6.07) is 0. The molecule has 0 saturated carbocycles. The Morgan fingerprint density at radius 2 is 1.24 bits per heavy atom. The van der Waals surface area contributed by atoms with Gasteiger partial charge in [-0.2, -0.15) is 9.29 Å². The number of phosphoric acid groups is 2. The van der Waals surface area contributed by atoms with Crippen molar-refractivity contribution in [3.63, 3.8) is 0 Å². The molecule has 23 nitrogen and oxygen atoms in total. The molecule has 9 atom stereocenters. The first-order valence-corrected chi connectivity index (χ1v) is 15.7. The lowest BCUT2D eigenvalue weighted by atomic mass is 10.1. The number of phosphoric ester groups is 1. The van der Waals surface area contributed by atoms with Crippen LogP contribution in [0.1, 0.15) is 12.5 Å². The maximum absolute atomic E-state index is 13.3. The van der Waals surface area contributed by atoms with Crippen molar-refractivity contribution in [2.75, 3.05) is 18.9 Å². The average Bonchev–Trinajstić information content (AvgIpc) is 3.73. The van der Waals surface area contributed by atoms with Crippen LogP contribution in [-0.4, -0.2) is 124 Å². The Morgan fingerprint density at radius 3 is 1.78 bits per heavy atom. The molecular weight excluding hydrogens is 652 g/mol. The molecule has 0 amide bonds. The van der Waals surface area contributed by atoms with E-state index in [-0.39, 0.29) is 28.1 Å². The molecule has 6 heterocycles. The van der Waals surface area contributed by atoms with Gasteiger partial charge in [-0.05, 0) is 0 Å². The fourth-order valence-electron chi connectivity index (χ4n) is 4.82. The molecule has 4 aromatic rings. The van der Waals surface area contributed by atoms with Gasteiger partial charge in [0.2, 0.25) is 5.88 Å². The van der Waals surface area contributed by atoms with Crippen LogP contribution in [0.3, 0.4) is 0 Å². The Labute approximate surface area is 249 Å². The minimum Gasteiger partial charge on any atom is -0.492 e. The van der Waals surface area contributed by atoms with E-state index in [1.165, 1.54) is 15.5 Å². The lowest BCUT2D eigenvalue weighted by Gasteiger charge is -2.23. The highest BCUT2D eigenvalue weighted by Gasteiger charge is 2.49. The lowest BCUT2D eigenvalue weighted by Crippen LogP contribution is -2.34. The Kier molecular flexibility index (Phi) is 8.33. The van der Waals surface area contributed by atoms with Gasteiger partial charge >= 0.3 is 15.6 Å². The Hall–Kier alpha value is -3.28. The van der Waals surface area contributed by atoms with Crippen LogP contribution >= 0.6 is 15.6 Å². The Bertz CT molecular complexity index is 1690. The molecule has 4 aromatic heterocycles. The third-order valence-electron chi connectivity index (χ3n) is 6.95. The number of aliphatic hydroxyl groups excluding tert-OH is 4. The number of aromatic nitrogens is 8. The molecule has 2 saturated heterocycles. The number of aromatic hydroxyl groups is 1. The zero-order valence-electron chi connectivity index (χ0n) is 22.4. The van der Waals surface area contributed by atoms with Gasteiger partial charge in [-0.3, -0.25) is 18.2 Å². The van der Waals surface area contributed by atoms with Crippen LogP contribution in [-0.2, 0) is 32.0 Å². The molecule has 0 spiro atoms. The maximum Gasteiger partial charge on any atom is 0.483 e. The van der Waals surface area contributed by atoms with Crippen LogP contribution in [0.4, 0.5) is 5.82 Å². The number of hydrogen-bond acceptors (Lipinski definition) is 19. The fraction of sp³-hybridized carbons (Fsp3) is 0.500. The SMILES string of the molecule is Nc1ncnc2c1ncn2[C@@H]1O[C@H](COP(=O)(OC[C@H]2O[C@@H](n3cnc4c(O)ncnc43)[C@H](O)[C@@H]2O)OP(=O)(O)O)[C@@H](O)[C@H]1O. The zero-order chi connectivity index (χ0) is 32.3. The number of anilines is 1. The van der Waals surface area contributed by atoms with Crippen molar-refractivity contribution in [3.8, 4) is 5.88 Å². The van der Waals surface area contributed by atoms with Gasteiger partial charge in [-0.1, -0.05) is 0 Å². The first-order chi connectivity index (χ1) is 21.3. The van der Waals surface area contributed by atoms with Gasteiger partial charge in [-0.25, -0.2) is 34.0 Å². The summed E-state index contributed by atoms with van der Waals surface area (Å²) in [6.45, 7) is -1.79. The molecule has 1 unspecified atom stereocenters. The molecule has 0 radical (unpaired) electrons. The lowest BCUT2D eigenvalue weighted by molar-refractivity contribution is -0.0607. The summed E-state index contributed by atoms with van der Waals surface area (Å²) in [5.74, 6) is -0.409. The average molecular weight is 677 g/mol. The van der Waals surface area contributed by atoms with E-state index in [0.29, 0.717) is 0 Å². The van der Waals surface area contributed by atoms with Crippen molar-refractivity contribution in [1.82, 2.24) is 39.0 Å². The predicted molar refractivity (Wildman–Crippen MR) is 141 cm³/mol. The number of nitrogen functional groups attached to an aromatic ring is 1. The summed E-state index contributed by atoms with van der Waals surface area (Å²) in [5.41, 5.74) is 6.12. The van der Waals surface area contributed by atoms with Gasteiger partial charge < -0.3 is 50.5 Å². The summed E-state index contributed by atoms with van der Waals surface area (Å²) >= 11 is 0. The van der Waals surface area contributed by atoms with Crippen LogP contribution in [0, 0.1) is 0 Å². The fourth-order valence-corrected chi connectivity index (χ4v) is 6.97. The highest BCUT2D eigenvalue weighted by Crippen LogP contribution is 2.61. The van der Waals surface area contributed by atoms with E-state index in [1.807, 2.05) is 0 Å². The number of aliphatic hydroxyl groups is 4. The van der Waals surface area contributed by atoms with Gasteiger partial charge in [0.05, 0.1) is 25.9 Å². The van der Waals surface area contributed by atoms with Crippen molar-refractivity contribution in [2.24, 2.45) is 0 Å². The van der Waals surface area contributed by atoms with Gasteiger partial charge in [-0.15, -0.1) is 0 Å². The number of nitrogens with zero attached hydrogens (tertiary/aromatic N) is 8. The minimum absolute atomic E-state index is 0.0299. The van der Waals surface area contributed by atoms with Gasteiger partial charge in [0, 0.05) is 0 Å². The summed E-state index contributed by atoms with van der Waals surface area (Å²) in [6.07, 6.45) is -7.68. The second kappa shape index (κ2) is 11.8. The number of hydrogen-bond donors (Lipinski definition) is 8. The number of imidazole rings is 2. The minimum atomic E-state index is -5.54. The molecule has 0 bridgehead atoms. The summed E-state index contributed by atoms with van der Waals surface area (Å²) < 4.78 is 53.0. The van der Waals surface area contributed by atoms with Crippen LogP contribution < -0.4 is 5.73 Å². The topological polar surface area (TPSA) is 335 Å². The van der Waals surface area contributed by atoms with E-state index in [9.17, 15) is 44.4 Å². The number of rotatable bonds is 10. The van der Waals surface area contributed by atoms with Crippen molar-refractivity contribution < 1.29 is 67.3 Å². The third-order valence-corrected chi connectivity index (χ3v) is 9.53. The highest BCUT2D eigenvalue weighted by atomic mass is 31.3. The molecule has 244 valence electrons. The highest BCUT2D eigenvalue weighted by molar-refractivity contribution is 7.61. The molecular formula is C20H25N9O14P2. The normalized spacial score (nSPS) is 30.4. The van der Waals surface area contributed by atoms with E-state index in [1.54, 1.807) is 0 Å². The summed E-state index contributed by atoms with van der Waals surface area (Å²) in [4.78, 5) is 42.1. The van der Waals surface area contributed by atoms with Crippen LogP contribution in [0.5, 0.6) is 5.88 Å². The van der Waals surface area contributed by atoms with Gasteiger partial charge in [0.15, 0.2) is 35.1 Å². The third kappa shape index (κ3) is 6.02. The smallest absolute Gasteiger partial charge is 0.483 e. The Morgan fingerprint density at radius 1 is 0.756 bits per heavy atom. The number of ether oxygens (including phenoxy) is 2. The van der Waals surface area contributed by atoms with Gasteiger partial charge in [0.25, 0.3) is 0 Å². The molecule has 2 aliphatic rings. The molecule has 0 aromatic carbocycles. The monoisotopic (exact) mass is 677 g/mol. The number of fused-ring (bicyclic) bond motifs is 2. The molecule has 2 aliphatic heterocycles. The molecule has 45 heavy (non-hydrogen) atoms. The quantitative estimate of drug-likeness (QED) is 0.0800. The van der Waals surface area contributed by atoms with Crippen molar-refractivity contribution >= 4 is 43.8 Å². The molecule has 6 rings (SSSR count). The molecule has 9 N–H and O–H groups in total. The van der Waals surface area contributed by atoms with E-state index in [4.69, 9.17) is 24.3 Å². The number of nitrogens with two attached hydrogens (primary N) is 1. The first kappa shape index (κ1) is 31.7. The van der Waals surface area contributed by atoms with E-state index >= 15 is 0 Å². The summed E-state index contributed by atoms with van der Waals surface area (Å²) in [5, 5.41) is 52.2. The van der Waals surface area contributed by atoms with Gasteiger partial charge in [0.1, 0.15) is 54.8 Å². The first-order valence-electron chi connectivity index (χ1n) is 12.7. The predicted octanol–water partition coefficient (Wildman–Crippen LogP) is -2.56. The largest absolute Gasteiger partial charge is 0.492 e. The standard InChI is InChI=1S/C20H25N9O14P2/c21-15-9-16(23-3-22-15)28(5-26-9)19-13(32)11(30)7(41-19)1-39-45(38,43-44(35,36)37)40-2-8-12(31)14(33)20(42-8)29-6-27-10-17(29)24-4-25-18(10)34/h3-8,11-14,19-20,30-33H,1-2H2,(H2,21,22,23)(H,24,25,34)(H2,35,36,37)/t7-,8-,11-,12-,13-,14-,19-,20-,45?/m1/s1. The van der Waals surface area contributed by atoms with E-state index < -0.39 is 83.8 Å². The summed E-state index contributed by atoms with van der Waals surface area (Å²) in [7, 11) is -10.8. The van der Waals surface area contributed by atoms with Crippen LogP contribution in [0.25, 0.3) is 22.3 Å². The van der Waals surface area contributed by atoms with Crippen molar-refractivity contribution in [3.05, 3.63) is 25.3 Å². The second-order valence-electron chi connectivity index (χ2n) is 9.81. The second-order valence-corrected chi connectivity index (χ2v) is 12.9. The van der Waals surface area contributed by atoms with Crippen molar-refractivity contribution in [2.45, 2.75) is 49.1 Å². The van der Waals surface area contributed by atoms with E-state index in [2.05, 4.69) is 34.2 Å². The molecule has 25 heteroatoms. The van der Waals surface area contributed by atoms with E-state index in [0.717, 1.165) is 19.0 Å². The maximum atomic E-state index is 13.3. The van der Waals surface area contributed by atoms with Crippen molar-refractivity contribution in [1.29, 1.82) is 0 Å². The molecule has 0 aliphatic carbocycles. The molecule has 2 fully saturated rings.